The molecule has 0 radical (unpaired) electrons. The summed E-state index contributed by atoms with van der Waals surface area (Å²) in [5.41, 5.74) is 2.22. The van der Waals surface area contributed by atoms with E-state index in [-0.39, 0.29) is 30.2 Å². The molecular weight excluding hydrogens is 540 g/mol. The summed E-state index contributed by atoms with van der Waals surface area (Å²) in [4.78, 5) is 38.8. The highest BCUT2D eigenvalue weighted by Crippen LogP contribution is 2.34. The second-order valence-corrected chi connectivity index (χ2v) is 9.57. The molecule has 3 amide bonds. The minimum atomic E-state index is -0.325. The first kappa shape index (κ1) is 24.1. The van der Waals surface area contributed by atoms with Crippen molar-refractivity contribution in [2.75, 3.05) is 11.9 Å². The van der Waals surface area contributed by atoms with Crippen molar-refractivity contribution in [1.82, 2.24) is 4.90 Å². The van der Waals surface area contributed by atoms with Crippen LogP contribution in [0.2, 0.25) is 5.02 Å². The van der Waals surface area contributed by atoms with Gasteiger partial charge >= 0.3 is 0 Å². The molecule has 1 fully saturated rings. The van der Waals surface area contributed by atoms with Crippen molar-refractivity contribution in [2.45, 2.75) is 6.54 Å². The van der Waals surface area contributed by atoms with Gasteiger partial charge in [-0.3, -0.25) is 19.3 Å². The Morgan fingerprint density at radius 3 is 2.50 bits per heavy atom. The number of ether oxygens (including phenoxy) is 1. The number of anilines is 1. The molecule has 0 atom stereocenters. The lowest BCUT2D eigenvalue weighted by Gasteiger charge is -2.12. The molecule has 9 heteroatoms. The zero-order valence-electron chi connectivity index (χ0n) is 17.7. The van der Waals surface area contributed by atoms with Gasteiger partial charge in [-0.25, -0.2) is 0 Å². The van der Waals surface area contributed by atoms with E-state index in [1.807, 2.05) is 30.3 Å². The zero-order chi connectivity index (χ0) is 24.1. The summed E-state index contributed by atoms with van der Waals surface area (Å²) >= 11 is 10.2. The molecule has 1 heterocycles. The molecule has 1 N–H and O–H groups in total. The van der Waals surface area contributed by atoms with Gasteiger partial charge in [0.2, 0.25) is 0 Å². The van der Waals surface area contributed by atoms with E-state index in [0.717, 1.165) is 22.9 Å². The second-order valence-electron chi connectivity index (χ2n) is 7.29. The molecule has 1 aliphatic rings. The number of carbonyl (C=O) groups is 3. The van der Waals surface area contributed by atoms with Gasteiger partial charge in [-0.2, -0.15) is 0 Å². The lowest BCUT2D eigenvalue weighted by atomic mass is 10.2. The first-order valence-electron chi connectivity index (χ1n) is 10.2. The summed E-state index contributed by atoms with van der Waals surface area (Å²) in [6.07, 6.45) is 1.66. The maximum Gasteiger partial charge on any atom is 0.293 e. The monoisotopic (exact) mass is 556 g/mol. The predicted octanol–water partition coefficient (Wildman–Crippen LogP) is 6.36. The molecule has 1 aliphatic heterocycles. The summed E-state index contributed by atoms with van der Waals surface area (Å²) in [6.45, 7) is 0.0519. The molecule has 0 saturated carbocycles. The molecule has 3 aromatic carbocycles. The highest BCUT2D eigenvalue weighted by Gasteiger charge is 2.34. The van der Waals surface area contributed by atoms with Crippen molar-refractivity contribution >= 4 is 68.1 Å². The van der Waals surface area contributed by atoms with E-state index in [4.69, 9.17) is 16.3 Å². The van der Waals surface area contributed by atoms with Crippen LogP contribution in [0.4, 0.5) is 10.5 Å². The van der Waals surface area contributed by atoms with Crippen LogP contribution in [0.1, 0.15) is 11.1 Å². The minimum absolute atomic E-state index is 0.182. The Morgan fingerprint density at radius 1 is 1.06 bits per heavy atom. The second kappa shape index (κ2) is 10.9. The topological polar surface area (TPSA) is 75.7 Å². The smallest absolute Gasteiger partial charge is 0.293 e. The largest absolute Gasteiger partial charge is 0.483 e. The summed E-state index contributed by atoms with van der Waals surface area (Å²) in [7, 11) is 0. The van der Waals surface area contributed by atoms with Crippen molar-refractivity contribution in [3.63, 3.8) is 0 Å². The van der Waals surface area contributed by atoms with Crippen LogP contribution in [0.3, 0.4) is 0 Å². The summed E-state index contributed by atoms with van der Waals surface area (Å²) < 4.78 is 6.22. The summed E-state index contributed by atoms with van der Waals surface area (Å²) in [6, 6.07) is 21.3. The van der Waals surface area contributed by atoms with Gasteiger partial charge in [0.05, 0.1) is 15.9 Å². The van der Waals surface area contributed by atoms with Gasteiger partial charge in [-0.1, -0.05) is 48.0 Å². The van der Waals surface area contributed by atoms with Crippen LogP contribution in [-0.2, 0) is 16.1 Å². The third-order valence-corrected chi connectivity index (χ3v) is 6.58. The zero-order valence-corrected chi connectivity index (χ0v) is 20.8. The van der Waals surface area contributed by atoms with E-state index in [0.29, 0.717) is 25.8 Å². The quantitative estimate of drug-likeness (QED) is 0.342. The molecule has 0 unspecified atom stereocenters. The minimum Gasteiger partial charge on any atom is -0.483 e. The van der Waals surface area contributed by atoms with Gasteiger partial charge in [0.15, 0.2) is 6.61 Å². The molecule has 0 aliphatic carbocycles. The maximum absolute atomic E-state index is 12.8. The Kier molecular flexibility index (Phi) is 7.72. The molecule has 34 heavy (non-hydrogen) atoms. The molecule has 4 rings (SSSR count). The fraction of sp³-hybridized carbons (Fsp3) is 0.0800. The highest BCUT2D eigenvalue weighted by molar-refractivity contribution is 9.10. The fourth-order valence-electron chi connectivity index (χ4n) is 3.15. The number of amides is 3. The van der Waals surface area contributed by atoms with E-state index in [2.05, 4.69) is 21.2 Å². The Morgan fingerprint density at radius 2 is 1.79 bits per heavy atom. The molecule has 172 valence electrons. The number of imide groups is 1. The molecule has 0 aromatic heterocycles. The number of rotatable bonds is 7. The van der Waals surface area contributed by atoms with Gasteiger partial charge in [-0.05, 0) is 81.3 Å². The lowest BCUT2D eigenvalue weighted by molar-refractivity contribution is -0.123. The van der Waals surface area contributed by atoms with Crippen LogP contribution in [0, 0.1) is 0 Å². The van der Waals surface area contributed by atoms with Crippen molar-refractivity contribution in [2.24, 2.45) is 0 Å². The Balaban J connectivity index is 1.37. The molecule has 0 spiro atoms. The van der Waals surface area contributed by atoms with E-state index < -0.39 is 0 Å². The number of benzene rings is 3. The maximum atomic E-state index is 12.8. The first-order valence-corrected chi connectivity index (χ1v) is 12.1. The SMILES string of the molecule is O=C(COc1ccc(/C=C2\SC(=O)N(Cc3ccccc3)C2=O)cc1Br)Nc1ccc(Cl)cc1. The molecule has 1 saturated heterocycles. The van der Waals surface area contributed by atoms with E-state index in [1.54, 1.807) is 48.5 Å². The van der Waals surface area contributed by atoms with Gasteiger partial charge in [0.1, 0.15) is 5.75 Å². The number of carbonyl (C=O) groups excluding carboxylic acids is 3. The molecular formula is C25H18BrClN2O4S. The van der Waals surface area contributed by atoms with E-state index >= 15 is 0 Å². The average molecular weight is 558 g/mol. The van der Waals surface area contributed by atoms with Gasteiger partial charge in [0, 0.05) is 10.7 Å². The van der Waals surface area contributed by atoms with Gasteiger partial charge < -0.3 is 10.1 Å². The Labute approximate surface area is 214 Å². The highest BCUT2D eigenvalue weighted by atomic mass is 79.9. The predicted molar refractivity (Wildman–Crippen MR) is 138 cm³/mol. The van der Waals surface area contributed by atoms with Crippen molar-refractivity contribution in [1.29, 1.82) is 0 Å². The van der Waals surface area contributed by atoms with Crippen LogP contribution in [0.5, 0.6) is 5.75 Å². The van der Waals surface area contributed by atoms with Crippen molar-refractivity contribution in [3.05, 3.63) is 98.3 Å². The van der Waals surface area contributed by atoms with Gasteiger partial charge in [0.25, 0.3) is 17.1 Å². The number of thioether (sulfide) groups is 1. The third-order valence-electron chi connectivity index (χ3n) is 4.80. The molecule has 3 aromatic rings. The van der Waals surface area contributed by atoms with Gasteiger partial charge in [-0.15, -0.1) is 0 Å². The van der Waals surface area contributed by atoms with E-state index in [9.17, 15) is 14.4 Å². The van der Waals surface area contributed by atoms with Crippen LogP contribution < -0.4 is 10.1 Å². The average Bonchev–Trinajstić information content (AvgIpc) is 3.08. The van der Waals surface area contributed by atoms with Crippen molar-refractivity contribution < 1.29 is 19.1 Å². The molecule has 6 nitrogen and oxygen atoms in total. The number of nitrogens with zero attached hydrogens (tertiary/aromatic N) is 1. The standard InChI is InChI=1S/C25H18BrClN2O4S/c26-20-12-17(6-11-21(20)33-15-23(30)28-19-9-7-18(27)8-10-19)13-22-24(31)29(25(32)34-22)14-16-4-2-1-3-5-16/h1-13H,14-15H2,(H,28,30)/b22-13-. The van der Waals surface area contributed by atoms with Crippen LogP contribution >= 0.6 is 39.3 Å². The fourth-order valence-corrected chi connectivity index (χ4v) is 4.63. The summed E-state index contributed by atoms with van der Waals surface area (Å²) in [5.74, 6) is -0.167. The number of hydrogen-bond acceptors (Lipinski definition) is 5. The van der Waals surface area contributed by atoms with Crippen LogP contribution in [0.15, 0.2) is 82.2 Å². The Bertz CT molecular complexity index is 1270. The first-order chi connectivity index (χ1) is 16.4. The number of nitrogens with one attached hydrogen (secondary N) is 1. The normalized spacial score (nSPS) is 14.5. The third kappa shape index (κ3) is 6.08. The number of halogens is 2. The lowest BCUT2D eigenvalue weighted by Crippen LogP contribution is -2.27. The van der Waals surface area contributed by atoms with Crippen LogP contribution in [-0.4, -0.2) is 28.6 Å². The van der Waals surface area contributed by atoms with E-state index in [1.165, 1.54) is 4.90 Å². The Hall–Kier alpha value is -3.07. The molecule has 0 bridgehead atoms. The number of hydrogen-bond donors (Lipinski definition) is 1. The summed E-state index contributed by atoms with van der Waals surface area (Å²) in [5, 5.41) is 3.01. The van der Waals surface area contributed by atoms with Crippen LogP contribution in [0.25, 0.3) is 6.08 Å². The van der Waals surface area contributed by atoms with Crippen molar-refractivity contribution in [3.8, 4) is 5.75 Å².